The molecule has 0 spiro atoms. The number of hydrogen-bond donors (Lipinski definition) is 0. The summed E-state index contributed by atoms with van der Waals surface area (Å²) in [5.74, 6) is 0.164. The Morgan fingerprint density at radius 1 is 1.12 bits per heavy atom. The topological polar surface area (TPSA) is 17.1 Å². The van der Waals surface area contributed by atoms with Crippen molar-refractivity contribution < 1.29 is 4.79 Å². The fourth-order valence-electron chi connectivity index (χ4n) is 1.43. The SMILES string of the molecule is C=C/C=C(\C=C)CCC(=O)c1ccccc1. The van der Waals surface area contributed by atoms with E-state index < -0.39 is 0 Å². The van der Waals surface area contributed by atoms with Crippen LogP contribution in [0, 0.1) is 0 Å². The maximum absolute atomic E-state index is 11.8. The minimum Gasteiger partial charge on any atom is -0.294 e. The van der Waals surface area contributed by atoms with Crippen molar-refractivity contribution in [3.8, 4) is 0 Å². The molecule has 1 aromatic rings. The molecule has 1 heteroatoms. The van der Waals surface area contributed by atoms with E-state index in [1.807, 2.05) is 36.4 Å². The molecule has 82 valence electrons. The first-order chi connectivity index (χ1) is 7.77. The van der Waals surface area contributed by atoms with E-state index in [0.29, 0.717) is 12.8 Å². The van der Waals surface area contributed by atoms with Crippen molar-refractivity contribution in [2.24, 2.45) is 0 Å². The molecule has 0 saturated heterocycles. The highest BCUT2D eigenvalue weighted by atomic mass is 16.1. The fraction of sp³-hybridized carbons (Fsp3) is 0.133. The molecule has 0 aliphatic rings. The van der Waals surface area contributed by atoms with Crippen LogP contribution in [0.2, 0.25) is 0 Å². The van der Waals surface area contributed by atoms with Crippen molar-refractivity contribution in [2.75, 3.05) is 0 Å². The van der Waals surface area contributed by atoms with E-state index in [-0.39, 0.29) is 5.78 Å². The van der Waals surface area contributed by atoms with Gasteiger partial charge < -0.3 is 0 Å². The number of ketones is 1. The van der Waals surface area contributed by atoms with Gasteiger partial charge in [-0.1, -0.05) is 61.7 Å². The molecule has 0 fully saturated rings. The predicted octanol–water partition coefficient (Wildman–Crippen LogP) is 3.95. The van der Waals surface area contributed by atoms with Gasteiger partial charge in [-0.05, 0) is 12.0 Å². The quantitative estimate of drug-likeness (QED) is 0.515. The van der Waals surface area contributed by atoms with Gasteiger partial charge in [0.1, 0.15) is 0 Å². The standard InChI is InChI=1S/C15H16O/c1-3-8-13(4-2)11-12-15(16)14-9-6-5-7-10-14/h3-10H,1-2,11-12H2/b13-8+. The molecule has 0 heterocycles. The van der Waals surface area contributed by atoms with Crippen LogP contribution in [0.25, 0.3) is 0 Å². The van der Waals surface area contributed by atoms with Gasteiger partial charge in [-0.25, -0.2) is 0 Å². The number of hydrogen-bond acceptors (Lipinski definition) is 1. The second kappa shape index (κ2) is 6.57. The number of rotatable bonds is 6. The lowest BCUT2D eigenvalue weighted by molar-refractivity contribution is 0.0983. The summed E-state index contributed by atoms with van der Waals surface area (Å²) >= 11 is 0. The predicted molar refractivity (Wildman–Crippen MR) is 68.5 cm³/mol. The molecule has 0 aliphatic carbocycles. The van der Waals surface area contributed by atoms with Crippen molar-refractivity contribution in [1.82, 2.24) is 0 Å². The van der Waals surface area contributed by atoms with Crippen LogP contribution in [0.3, 0.4) is 0 Å². The third kappa shape index (κ3) is 3.70. The molecule has 0 bridgehead atoms. The van der Waals surface area contributed by atoms with E-state index in [1.54, 1.807) is 12.2 Å². The molecule has 0 aliphatic heterocycles. The normalized spacial score (nSPS) is 10.9. The average Bonchev–Trinajstić information content (AvgIpc) is 2.35. The van der Waals surface area contributed by atoms with Crippen molar-refractivity contribution in [2.45, 2.75) is 12.8 Å². The summed E-state index contributed by atoms with van der Waals surface area (Å²) in [4.78, 5) is 11.8. The molecule has 0 unspecified atom stereocenters. The highest BCUT2D eigenvalue weighted by Gasteiger charge is 2.04. The van der Waals surface area contributed by atoms with E-state index in [1.165, 1.54) is 0 Å². The van der Waals surface area contributed by atoms with Crippen LogP contribution in [-0.4, -0.2) is 5.78 Å². The largest absolute Gasteiger partial charge is 0.294 e. The van der Waals surface area contributed by atoms with E-state index in [2.05, 4.69) is 13.2 Å². The van der Waals surface area contributed by atoms with Crippen LogP contribution in [0.5, 0.6) is 0 Å². The molecule has 1 aromatic carbocycles. The summed E-state index contributed by atoms with van der Waals surface area (Å²) in [5.41, 5.74) is 1.81. The Kier molecular flexibility index (Phi) is 5.00. The molecule has 0 atom stereocenters. The van der Waals surface area contributed by atoms with E-state index in [9.17, 15) is 4.79 Å². The van der Waals surface area contributed by atoms with Gasteiger partial charge in [0.15, 0.2) is 5.78 Å². The molecule has 1 nitrogen and oxygen atoms in total. The van der Waals surface area contributed by atoms with Gasteiger partial charge in [-0.15, -0.1) is 0 Å². The Labute approximate surface area is 96.8 Å². The molecule has 0 radical (unpaired) electrons. The number of benzene rings is 1. The average molecular weight is 212 g/mol. The minimum absolute atomic E-state index is 0.164. The summed E-state index contributed by atoms with van der Waals surface area (Å²) in [7, 11) is 0. The van der Waals surface area contributed by atoms with Crippen LogP contribution < -0.4 is 0 Å². The van der Waals surface area contributed by atoms with Crippen LogP contribution >= 0.6 is 0 Å². The number of carbonyl (C=O) groups is 1. The molecular weight excluding hydrogens is 196 g/mol. The molecule has 0 saturated carbocycles. The zero-order valence-electron chi connectivity index (χ0n) is 9.36. The van der Waals surface area contributed by atoms with Crippen LogP contribution in [-0.2, 0) is 0 Å². The third-order valence-electron chi connectivity index (χ3n) is 2.33. The van der Waals surface area contributed by atoms with Crippen molar-refractivity contribution in [1.29, 1.82) is 0 Å². The Morgan fingerprint density at radius 2 is 1.81 bits per heavy atom. The van der Waals surface area contributed by atoms with Gasteiger partial charge in [0.2, 0.25) is 0 Å². The lowest BCUT2D eigenvalue weighted by atomic mass is 10.0. The Balaban J connectivity index is 2.56. The number of allylic oxidation sites excluding steroid dienone is 4. The summed E-state index contributed by atoms with van der Waals surface area (Å²) in [6.07, 6.45) is 6.58. The van der Waals surface area contributed by atoms with E-state index >= 15 is 0 Å². The summed E-state index contributed by atoms with van der Waals surface area (Å²) in [6.45, 7) is 7.33. The van der Waals surface area contributed by atoms with Gasteiger partial charge in [0.25, 0.3) is 0 Å². The van der Waals surface area contributed by atoms with E-state index in [0.717, 1.165) is 11.1 Å². The zero-order valence-corrected chi connectivity index (χ0v) is 9.36. The summed E-state index contributed by atoms with van der Waals surface area (Å²) in [6, 6.07) is 9.34. The fourth-order valence-corrected chi connectivity index (χ4v) is 1.43. The first kappa shape index (κ1) is 12.2. The highest BCUT2D eigenvalue weighted by molar-refractivity contribution is 5.96. The Bertz CT molecular complexity index is 399. The zero-order chi connectivity index (χ0) is 11.8. The summed E-state index contributed by atoms with van der Waals surface area (Å²) in [5, 5.41) is 0. The summed E-state index contributed by atoms with van der Waals surface area (Å²) < 4.78 is 0. The first-order valence-electron chi connectivity index (χ1n) is 5.30. The minimum atomic E-state index is 0.164. The lowest BCUT2D eigenvalue weighted by Gasteiger charge is -2.01. The molecule has 1 rings (SSSR count). The monoisotopic (exact) mass is 212 g/mol. The van der Waals surface area contributed by atoms with Gasteiger partial charge in [-0.2, -0.15) is 0 Å². The smallest absolute Gasteiger partial charge is 0.163 e. The Hall–Kier alpha value is -1.89. The van der Waals surface area contributed by atoms with E-state index in [4.69, 9.17) is 0 Å². The molecule has 16 heavy (non-hydrogen) atoms. The second-order valence-corrected chi connectivity index (χ2v) is 3.47. The number of carbonyl (C=O) groups excluding carboxylic acids is 1. The van der Waals surface area contributed by atoms with Gasteiger partial charge >= 0.3 is 0 Å². The van der Waals surface area contributed by atoms with Crippen LogP contribution in [0.15, 0.2) is 67.3 Å². The molecular formula is C15H16O. The molecule has 0 N–H and O–H groups in total. The maximum Gasteiger partial charge on any atom is 0.163 e. The van der Waals surface area contributed by atoms with Crippen molar-refractivity contribution in [3.63, 3.8) is 0 Å². The van der Waals surface area contributed by atoms with Gasteiger partial charge in [-0.3, -0.25) is 4.79 Å². The third-order valence-corrected chi connectivity index (χ3v) is 2.33. The second-order valence-electron chi connectivity index (χ2n) is 3.47. The molecule has 0 aromatic heterocycles. The van der Waals surface area contributed by atoms with Gasteiger partial charge in [0, 0.05) is 12.0 Å². The lowest BCUT2D eigenvalue weighted by Crippen LogP contribution is -1.98. The maximum atomic E-state index is 11.8. The number of Topliss-reactive ketones (excluding diaryl/α,β-unsaturated/α-hetero) is 1. The molecule has 0 amide bonds. The first-order valence-corrected chi connectivity index (χ1v) is 5.30. The van der Waals surface area contributed by atoms with Crippen LogP contribution in [0.4, 0.5) is 0 Å². The Morgan fingerprint density at radius 3 is 2.38 bits per heavy atom. The highest BCUT2D eigenvalue weighted by Crippen LogP contribution is 2.11. The van der Waals surface area contributed by atoms with Crippen LogP contribution in [0.1, 0.15) is 23.2 Å². The van der Waals surface area contributed by atoms with Crippen molar-refractivity contribution in [3.05, 3.63) is 72.9 Å². The van der Waals surface area contributed by atoms with Gasteiger partial charge in [0.05, 0.1) is 0 Å². The van der Waals surface area contributed by atoms with Crippen molar-refractivity contribution >= 4 is 5.78 Å².